The van der Waals surface area contributed by atoms with E-state index in [9.17, 15) is 0 Å². The van der Waals surface area contributed by atoms with Crippen LogP contribution in [-0.2, 0) is 13.1 Å². The lowest BCUT2D eigenvalue weighted by atomic mass is 10.3. The number of nitrogens with one attached hydrogen (secondary N) is 2. The molecule has 3 aromatic heterocycles. The molecule has 0 amide bonds. The number of hydrogen-bond acceptors (Lipinski definition) is 5. The molecule has 8 nitrogen and oxygen atoms in total. The van der Waals surface area contributed by atoms with Crippen LogP contribution in [0.1, 0.15) is 37.1 Å². The fourth-order valence-electron chi connectivity index (χ4n) is 3.34. The SMILES string of the molecule is CN=C(NCc1ccc(OC2CCCC2)nc1)NCc1nnc2ccccn12.I. The van der Waals surface area contributed by atoms with Crippen molar-refractivity contribution in [3.63, 3.8) is 0 Å². The van der Waals surface area contributed by atoms with E-state index in [2.05, 4.69) is 30.8 Å². The van der Waals surface area contributed by atoms with Gasteiger partial charge < -0.3 is 15.4 Å². The predicted octanol–water partition coefficient (Wildman–Crippen LogP) is 2.93. The Morgan fingerprint density at radius 3 is 2.72 bits per heavy atom. The number of rotatable bonds is 6. The minimum Gasteiger partial charge on any atom is -0.474 e. The number of aliphatic imine (C=N–C) groups is 1. The van der Waals surface area contributed by atoms with E-state index >= 15 is 0 Å². The summed E-state index contributed by atoms with van der Waals surface area (Å²) < 4.78 is 7.86. The second-order valence-electron chi connectivity index (χ2n) is 6.85. The average molecular weight is 507 g/mol. The van der Waals surface area contributed by atoms with E-state index in [1.807, 2.05) is 47.1 Å². The predicted molar refractivity (Wildman–Crippen MR) is 123 cm³/mol. The van der Waals surface area contributed by atoms with Crippen molar-refractivity contribution in [2.45, 2.75) is 44.9 Å². The third-order valence-corrected chi connectivity index (χ3v) is 4.87. The average Bonchev–Trinajstić information content (AvgIpc) is 3.39. The Morgan fingerprint density at radius 2 is 1.97 bits per heavy atom. The van der Waals surface area contributed by atoms with Gasteiger partial charge >= 0.3 is 0 Å². The number of fused-ring (bicyclic) bond motifs is 1. The highest BCUT2D eigenvalue weighted by molar-refractivity contribution is 14.0. The van der Waals surface area contributed by atoms with Crippen LogP contribution in [-0.4, -0.2) is 38.7 Å². The van der Waals surface area contributed by atoms with Crippen molar-refractivity contribution in [2.24, 2.45) is 4.99 Å². The van der Waals surface area contributed by atoms with Gasteiger partial charge in [-0.15, -0.1) is 34.2 Å². The molecule has 0 bridgehead atoms. The molecule has 0 aromatic carbocycles. The molecule has 0 aliphatic heterocycles. The van der Waals surface area contributed by atoms with E-state index in [0.717, 1.165) is 29.9 Å². The minimum atomic E-state index is 0. The molecule has 2 N–H and O–H groups in total. The second-order valence-corrected chi connectivity index (χ2v) is 6.85. The van der Waals surface area contributed by atoms with Crippen LogP contribution in [0, 0.1) is 0 Å². The smallest absolute Gasteiger partial charge is 0.213 e. The number of ether oxygens (including phenoxy) is 1. The minimum absolute atomic E-state index is 0. The normalized spacial score (nSPS) is 14.6. The molecule has 154 valence electrons. The summed E-state index contributed by atoms with van der Waals surface area (Å²) in [5, 5.41) is 14.9. The van der Waals surface area contributed by atoms with E-state index in [-0.39, 0.29) is 24.0 Å². The van der Waals surface area contributed by atoms with Crippen LogP contribution in [0.3, 0.4) is 0 Å². The van der Waals surface area contributed by atoms with Gasteiger partial charge in [0.05, 0.1) is 6.54 Å². The van der Waals surface area contributed by atoms with Gasteiger partial charge in [-0.3, -0.25) is 9.39 Å². The van der Waals surface area contributed by atoms with Crippen molar-refractivity contribution in [3.05, 3.63) is 54.1 Å². The lowest BCUT2D eigenvalue weighted by molar-refractivity contribution is 0.201. The molecule has 0 unspecified atom stereocenters. The van der Waals surface area contributed by atoms with Crippen LogP contribution >= 0.6 is 24.0 Å². The molecule has 0 spiro atoms. The third-order valence-electron chi connectivity index (χ3n) is 4.87. The molecule has 3 heterocycles. The molecule has 1 saturated carbocycles. The lowest BCUT2D eigenvalue weighted by Crippen LogP contribution is -2.36. The number of halogens is 1. The maximum absolute atomic E-state index is 5.91. The van der Waals surface area contributed by atoms with Gasteiger partial charge in [-0.05, 0) is 43.4 Å². The van der Waals surface area contributed by atoms with Crippen molar-refractivity contribution in [1.82, 2.24) is 30.2 Å². The van der Waals surface area contributed by atoms with Gasteiger partial charge in [-0.1, -0.05) is 12.1 Å². The number of hydrogen-bond donors (Lipinski definition) is 2. The van der Waals surface area contributed by atoms with E-state index in [4.69, 9.17) is 4.74 Å². The van der Waals surface area contributed by atoms with Crippen molar-refractivity contribution in [1.29, 1.82) is 0 Å². The number of nitrogens with zero attached hydrogens (tertiary/aromatic N) is 5. The lowest BCUT2D eigenvalue weighted by Gasteiger charge is -2.13. The van der Waals surface area contributed by atoms with E-state index in [0.29, 0.717) is 31.0 Å². The van der Waals surface area contributed by atoms with Crippen LogP contribution in [0.25, 0.3) is 5.65 Å². The summed E-state index contributed by atoms with van der Waals surface area (Å²) in [6.07, 6.45) is 8.89. The molecule has 9 heteroatoms. The molecular weight excluding hydrogens is 481 g/mol. The van der Waals surface area contributed by atoms with Crippen molar-refractivity contribution in [2.75, 3.05) is 7.05 Å². The molecule has 1 fully saturated rings. The zero-order chi connectivity index (χ0) is 19.2. The number of aromatic nitrogens is 4. The largest absolute Gasteiger partial charge is 0.474 e. The summed E-state index contributed by atoms with van der Waals surface area (Å²) in [4.78, 5) is 8.68. The van der Waals surface area contributed by atoms with Crippen molar-refractivity contribution >= 4 is 35.6 Å². The van der Waals surface area contributed by atoms with Gasteiger partial charge in [-0.2, -0.15) is 0 Å². The van der Waals surface area contributed by atoms with Gasteiger partial charge in [0.2, 0.25) is 5.88 Å². The van der Waals surface area contributed by atoms with Crippen LogP contribution < -0.4 is 15.4 Å². The fraction of sp³-hybridized carbons (Fsp3) is 0.400. The maximum Gasteiger partial charge on any atom is 0.213 e. The third kappa shape index (κ3) is 5.55. The molecule has 3 aromatic rings. The van der Waals surface area contributed by atoms with E-state index < -0.39 is 0 Å². The quantitative estimate of drug-likeness (QED) is 0.303. The Bertz CT molecular complexity index is 935. The number of pyridine rings is 2. The summed E-state index contributed by atoms with van der Waals surface area (Å²) in [7, 11) is 1.74. The van der Waals surface area contributed by atoms with Crippen LogP contribution in [0.15, 0.2) is 47.7 Å². The zero-order valence-corrected chi connectivity index (χ0v) is 18.7. The molecule has 1 aliphatic rings. The van der Waals surface area contributed by atoms with Crippen LogP contribution in [0.4, 0.5) is 0 Å². The van der Waals surface area contributed by atoms with Gasteiger partial charge in [0.1, 0.15) is 6.10 Å². The summed E-state index contributed by atoms with van der Waals surface area (Å²) in [6, 6.07) is 9.80. The van der Waals surface area contributed by atoms with Crippen LogP contribution in [0.5, 0.6) is 5.88 Å². The Labute approximate surface area is 187 Å². The summed E-state index contributed by atoms with van der Waals surface area (Å²) in [6.45, 7) is 1.15. The van der Waals surface area contributed by atoms with Crippen LogP contribution in [0.2, 0.25) is 0 Å². The summed E-state index contributed by atoms with van der Waals surface area (Å²) >= 11 is 0. The first-order valence-corrected chi connectivity index (χ1v) is 9.66. The summed E-state index contributed by atoms with van der Waals surface area (Å²) in [5.74, 6) is 2.23. The van der Waals surface area contributed by atoms with Gasteiger partial charge in [0.25, 0.3) is 0 Å². The first-order valence-electron chi connectivity index (χ1n) is 9.66. The Kier molecular flexibility index (Phi) is 7.62. The zero-order valence-electron chi connectivity index (χ0n) is 16.4. The van der Waals surface area contributed by atoms with E-state index in [1.54, 1.807) is 7.05 Å². The van der Waals surface area contributed by atoms with Gasteiger partial charge in [-0.25, -0.2) is 4.98 Å². The molecule has 4 rings (SSSR count). The first-order chi connectivity index (χ1) is 13.8. The molecule has 0 radical (unpaired) electrons. The Balaban J connectivity index is 0.00000240. The monoisotopic (exact) mass is 507 g/mol. The van der Waals surface area contributed by atoms with E-state index in [1.165, 1.54) is 12.8 Å². The molecule has 29 heavy (non-hydrogen) atoms. The number of guanidine groups is 1. The standard InChI is InChI=1S/C20H25N7O.HI/c1-21-20(24-14-18-26-25-17-8-4-5-11-27(17)18)23-13-15-9-10-19(22-12-15)28-16-6-2-3-7-16;/h4-5,8-12,16H,2-3,6-7,13-14H2,1H3,(H2,21,23,24);1H. The Hall–Kier alpha value is -2.43. The molecule has 0 saturated heterocycles. The Morgan fingerprint density at radius 1 is 1.14 bits per heavy atom. The van der Waals surface area contributed by atoms with Crippen molar-refractivity contribution < 1.29 is 4.74 Å². The molecule has 1 aliphatic carbocycles. The maximum atomic E-state index is 5.91. The van der Waals surface area contributed by atoms with Gasteiger partial charge in [0.15, 0.2) is 17.4 Å². The summed E-state index contributed by atoms with van der Waals surface area (Å²) in [5.41, 5.74) is 1.89. The van der Waals surface area contributed by atoms with Gasteiger partial charge in [0, 0.05) is 32.1 Å². The molecule has 0 atom stereocenters. The second kappa shape index (κ2) is 10.4. The topological polar surface area (TPSA) is 88.7 Å². The highest BCUT2D eigenvalue weighted by Gasteiger charge is 2.16. The first kappa shape index (κ1) is 21.3. The highest BCUT2D eigenvalue weighted by Crippen LogP contribution is 2.22. The van der Waals surface area contributed by atoms with Crippen molar-refractivity contribution in [3.8, 4) is 5.88 Å². The highest BCUT2D eigenvalue weighted by atomic mass is 127. The molecular formula is C20H26IN7O. The fourth-order valence-corrected chi connectivity index (χ4v) is 3.34.